The Kier molecular flexibility index (Phi) is 5.62. The summed E-state index contributed by atoms with van der Waals surface area (Å²) in [5.41, 5.74) is 2.50. The number of hydrogen-bond acceptors (Lipinski definition) is 3. The largest absolute Gasteiger partial charge is 0.497 e. The Morgan fingerprint density at radius 1 is 1.30 bits per heavy atom. The molecule has 20 heavy (non-hydrogen) atoms. The topological polar surface area (TPSA) is 30.5 Å². The first kappa shape index (κ1) is 15.1. The third-order valence-electron chi connectivity index (χ3n) is 3.75. The quantitative estimate of drug-likeness (QED) is 0.584. The van der Waals surface area contributed by atoms with Gasteiger partial charge in [-0.25, -0.2) is 0 Å². The molecule has 0 saturated heterocycles. The number of ether oxygens (including phenoxy) is 2. The summed E-state index contributed by atoms with van der Waals surface area (Å²) < 4.78 is 10.7. The highest BCUT2D eigenvalue weighted by atomic mass is 16.5. The van der Waals surface area contributed by atoms with E-state index in [1.807, 2.05) is 19.1 Å². The van der Waals surface area contributed by atoms with Gasteiger partial charge in [0.15, 0.2) is 0 Å². The first-order chi connectivity index (χ1) is 9.69. The lowest BCUT2D eigenvalue weighted by Gasteiger charge is -2.36. The molecule has 1 aromatic rings. The number of hydrogen-bond donors (Lipinski definition) is 1. The van der Waals surface area contributed by atoms with Crippen molar-refractivity contribution in [3.63, 3.8) is 0 Å². The molecule has 3 heteroatoms. The van der Waals surface area contributed by atoms with Gasteiger partial charge in [-0.2, -0.15) is 0 Å². The molecule has 3 nitrogen and oxygen atoms in total. The van der Waals surface area contributed by atoms with Crippen LogP contribution in [-0.4, -0.2) is 32.9 Å². The number of nitrogens with one attached hydrogen (secondary N) is 1. The van der Waals surface area contributed by atoms with Gasteiger partial charge in [-0.1, -0.05) is 24.3 Å². The fourth-order valence-electron chi connectivity index (χ4n) is 2.51. The van der Waals surface area contributed by atoms with E-state index in [-0.39, 0.29) is 0 Å². The summed E-state index contributed by atoms with van der Waals surface area (Å²) >= 11 is 0. The first-order valence-corrected chi connectivity index (χ1v) is 7.28. The van der Waals surface area contributed by atoms with Crippen LogP contribution in [0.3, 0.4) is 0 Å². The molecule has 0 aliphatic heterocycles. The molecule has 0 bridgehead atoms. The fraction of sp³-hybridized carbons (Fsp3) is 0.529. The number of methoxy groups -OCH3 is 1. The van der Waals surface area contributed by atoms with Crippen LogP contribution < -0.4 is 10.1 Å². The molecule has 0 amide bonds. The van der Waals surface area contributed by atoms with Crippen molar-refractivity contribution in [2.24, 2.45) is 0 Å². The molecule has 1 aliphatic rings. The molecule has 0 radical (unpaired) electrons. The molecule has 0 spiro atoms. The van der Waals surface area contributed by atoms with E-state index in [1.54, 1.807) is 7.11 Å². The Hall–Kier alpha value is -1.32. The molecule has 1 saturated carbocycles. The predicted molar refractivity (Wildman–Crippen MR) is 82.4 cm³/mol. The van der Waals surface area contributed by atoms with Gasteiger partial charge in [-0.05, 0) is 43.4 Å². The van der Waals surface area contributed by atoms with E-state index in [2.05, 4.69) is 24.0 Å². The highest BCUT2D eigenvalue weighted by molar-refractivity contribution is 5.30. The molecule has 1 aliphatic carbocycles. The van der Waals surface area contributed by atoms with Crippen LogP contribution in [0.2, 0.25) is 0 Å². The van der Waals surface area contributed by atoms with Crippen molar-refractivity contribution in [2.45, 2.75) is 31.7 Å². The van der Waals surface area contributed by atoms with E-state index in [4.69, 9.17) is 9.47 Å². The van der Waals surface area contributed by atoms with Gasteiger partial charge in [0, 0.05) is 12.6 Å². The molecular weight excluding hydrogens is 250 g/mol. The lowest BCUT2D eigenvalue weighted by molar-refractivity contribution is 0.148. The maximum atomic E-state index is 5.48. The van der Waals surface area contributed by atoms with Crippen LogP contribution in [0.4, 0.5) is 0 Å². The Bertz CT molecular complexity index is 421. The summed E-state index contributed by atoms with van der Waals surface area (Å²) in [5.74, 6) is 1.62. The lowest BCUT2D eigenvalue weighted by atomic mass is 9.76. The average Bonchev–Trinajstić information content (AvgIpc) is 2.40. The van der Waals surface area contributed by atoms with E-state index < -0.39 is 0 Å². The highest BCUT2D eigenvalue weighted by Crippen LogP contribution is 2.37. The molecule has 1 aromatic carbocycles. The summed E-state index contributed by atoms with van der Waals surface area (Å²) in [4.78, 5) is 0. The summed E-state index contributed by atoms with van der Waals surface area (Å²) in [5, 5.41) is 3.54. The van der Waals surface area contributed by atoms with Gasteiger partial charge in [-0.15, -0.1) is 0 Å². The second-order valence-electron chi connectivity index (χ2n) is 5.60. The normalized spacial score (nSPS) is 21.3. The van der Waals surface area contributed by atoms with E-state index in [0.29, 0.717) is 18.6 Å². The first-order valence-electron chi connectivity index (χ1n) is 7.28. The van der Waals surface area contributed by atoms with Crippen molar-refractivity contribution in [3.05, 3.63) is 42.0 Å². The summed E-state index contributed by atoms with van der Waals surface area (Å²) in [7, 11) is 1.70. The summed E-state index contributed by atoms with van der Waals surface area (Å²) in [6.45, 7) is 8.15. The number of rotatable bonds is 8. The third kappa shape index (κ3) is 4.36. The zero-order valence-electron chi connectivity index (χ0n) is 12.5. The average molecular weight is 275 g/mol. The van der Waals surface area contributed by atoms with E-state index in [0.717, 1.165) is 24.5 Å². The Labute approximate surface area is 122 Å². The predicted octanol–water partition coefficient (Wildman–Crippen LogP) is 3.12. The fourth-order valence-corrected chi connectivity index (χ4v) is 2.51. The monoisotopic (exact) mass is 275 g/mol. The second-order valence-corrected chi connectivity index (χ2v) is 5.60. The highest BCUT2D eigenvalue weighted by Gasteiger charge is 2.29. The van der Waals surface area contributed by atoms with Crippen LogP contribution >= 0.6 is 0 Å². The Morgan fingerprint density at radius 3 is 2.60 bits per heavy atom. The van der Waals surface area contributed by atoms with E-state index in [9.17, 15) is 0 Å². The van der Waals surface area contributed by atoms with Crippen LogP contribution in [0.15, 0.2) is 36.4 Å². The van der Waals surface area contributed by atoms with Gasteiger partial charge < -0.3 is 14.8 Å². The van der Waals surface area contributed by atoms with Crippen molar-refractivity contribution >= 4 is 0 Å². The molecule has 2 rings (SSSR count). The van der Waals surface area contributed by atoms with Gasteiger partial charge in [0.2, 0.25) is 0 Å². The van der Waals surface area contributed by atoms with Gasteiger partial charge >= 0.3 is 0 Å². The summed E-state index contributed by atoms with van der Waals surface area (Å²) in [6, 6.07) is 9.07. The molecule has 0 unspecified atom stereocenters. The SMILES string of the molecule is C=C(C)COCCNC1CC(c2ccc(OC)cc2)C1. The van der Waals surface area contributed by atoms with Crippen molar-refractivity contribution in [1.82, 2.24) is 5.32 Å². The molecule has 0 heterocycles. The van der Waals surface area contributed by atoms with Crippen molar-refractivity contribution in [3.8, 4) is 5.75 Å². The second kappa shape index (κ2) is 7.46. The van der Waals surface area contributed by atoms with Crippen LogP contribution in [0, 0.1) is 0 Å². The number of benzene rings is 1. The minimum absolute atomic E-state index is 0.635. The van der Waals surface area contributed by atoms with Crippen LogP contribution in [0.5, 0.6) is 5.75 Å². The van der Waals surface area contributed by atoms with Crippen LogP contribution in [-0.2, 0) is 4.74 Å². The van der Waals surface area contributed by atoms with Gasteiger partial charge in [0.05, 0.1) is 20.3 Å². The zero-order valence-corrected chi connectivity index (χ0v) is 12.5. The molecular formula is C17H25NO2. The molecule has 1 fully saturated rings. The van der Waals surface area contributed by atoms with Crippen molar-refractivity contribution in [2.75, 3.05) is 26.9 Å². The molecule has 0 atom stereocenters. The molecule has 1 N–H and O–H groups in total. The van der Waals surface area contributed by atoms with Crippen LogP contribution in [0.1, 0.15) is 31.2 Å². The third-order valence-corrected chi connectivity index (χ3v) is 3.75. The van der Waals surface area contributed by atoms with E-state index >= 15 is 0 Å². The standard InChI is InChI=1S/C17H25NO2/c1-13(2)12-20-9-8-18-16-10-15(11-16)14-4-6-17(19-3)7-5-14/h4-7,15-16,18H,1,8-12H2,2-3H3. The maximum Gasteiger partial charge on any atom is 0.118 e. The van der Waals surface area contributed by atoms with Gasteiger partial charge in [0.25, 0.3) is 0 Å². The molecule has 0 aromatic heterocycles. The molecule has 110 valence electrons. The van der Waals surface area contributed by atoms with E-state index in [1.165, 1.54) is 18.4 Å². The van der Waals surface area contributed by atoms with Gasteiger partial charge in [0.1, 0.15) is 5.75 Å². The minimum Gasteiger partial charge on any atom is -0.497 e. The Balaban J connectivity index is 1.60. The Morgan fingerprint density at radius 2 is 2.00 bits per heavy atom. The smallest absolute Gasteiger partial charge is 0.118 e. The van der Waals surface area contributed by atoms with Crippen molar-refractivity contribution in [1.29, 1.82) is 0 Å². The van der Waals surface area contributed by atoms with Crippen LogP contribution in [0.25, 0.3) is 0 Å². The minimum atomic E-state index is 0.635. The summed E-state index contributed by atoms with van der Waals surface area (Å²) in [6.07, 6.45) is 2.43. The zero-order chi connectivity index (χ0) is 14.4. The van der Waals surface area contributed by atoms with Gasteiger partial charge in [-0.3, -0.25) is 0 Å². The maximum absolute atomic E-state index is 5.48. The van der Waals surface area contributed by atoms with Crippen molar-refractivity contribution < 1.29 is 9.47 Å². The lowest BCUT2D eigenvalue weighted by Crippen LogP contribution is -2.41.